The average Bonchev–Trinajstić information content (AvgIpc) is 3.34. The Bertz CT molecular complexity index is 1630. The van der Waals surface area contributed by atoms with Crippen LogP contribution in [-0.2, 0) is 11.8 Å². The van der Waals surface area contributed by atoms with Crippen molar-refractivity contribution >= 4 is 28.7 Å². The fraction of sp³-hybridized carbons (Fsp3) is 0.233. The molecule has 1 saturated heterocycles. The molecule has 1 aromatic heterocycles. The molecule has 3 aromatic carbocycles. The molecule has 1 amide bonds. The van der Waals surface area contributed by atoms with E-state index < -0.39 is 0 Å². The van der Waals surface area contributed by atoms with Gasteiger partial charge in [-0.05, 0) is 37.3 Å². The summed E-state index contributed by atoms with van der Waals surface area (Å²) in [6, 6.07) is 23.7. The van der Waals surface area contributed by atoms with Crippen molar-refractivity contribution < 1.29 is 9.18 Å². The molecule has 2 aliphatic heterocycles. The van der Waals surface area contributed by atoms with E-state index in [0.717, 1.165) is 11.4 Å². The first-order valence-electron chi connectivity index (χ1n) is 13.0. The first-order valence-corrected chi connectivity index (χ1v) is 13.0. The highest BCUT2D eigenvalue weighted by atomic mass is 19.1. The van der Waals surface area contributed by atoms with Crippen LogP contribution in [-0.4, -0.2) is 58.7 Å². The van der Waals surface area contributed by atoms with Gasteiger partial charge in [-0.25, -0.2) is 14.1 Å². The maximum Gasteiger partial charge on any atom is 0.297 e. The molecule has 1 fully saturated rings. The number of aromatic nitrogens is 2. The fourth-order valence-corrected chi connectivity index (χ4v) is 5.34. The molecule has 0 atom stereocenters. The molecule has 9 heteroatoms. The SMILES string of the molecule is Cc1c(N=C2C(=O)N(CN3CCN(c4ccccc4F)CC3)c3ccccc32)c(=O)n(-c2ccccc2)n1C. The zero-order valence-electron chi connectivity index (χ0n) is 21.9. The average molecular weight is 525 g/mol. The number of halogens is 1. The molecule has 0 N–H and O–H groups in total. The lowest BCUT2D eigenvalue weighted by Crippen LogP contribution is -2.51. The van der Waals surface area contributed by atoms with Crippen molar-refractivity contribution in [2.75, 3.05) is 42.6 Å². The topological polar surface area (TPSA) is 66.1 Å². The predicted octanol–water partition coefficient (Wildman–Crippen LogP) is 3.87. The van der Waals surface area contributed by atoms with E-state index in [4.69, 9.17) is 4.99 Å². The second kappa shape index (κ2) is 9.99. The maximum absolute atomic E-state index is 14.3. The Kier molecular flexibility index (Phi) is 6.36. The van der Waals surface area contributed by atoms with Gasteiger partial charge in [0.05, 0.1) is 29.4 Å². The Morgan fingerprint density at radius 1 is 0.821 bits per heavy atom. The highest BCUT2D eigenvalue weighted by Gasteiger charge is 2.36. The van der Waals surface area contributed by atoms with Crippen LogP contribution in [0.4, 0.5) is 21.5 Å². The van der Waals surface area contributed by atoms with Gasteiger partial charge in [-0.2, -0.15) is 0 Å². The van der Waals surface area contributed by atoms with Gasteiger partial charge in [0.1, 0.15) is 11.5 Å². The van der Waals surface area contributed by atoms with Gasteiger partial charge >= 0.3 is 0 Å². The maximum atomic E-state index is 14.3. The van der Waals surface area contributed by atoms with Gasteiger partial charge in [-0.15, -0.1) is 0 Å². The third-order valence-electron chi connectivity index (χ3n) is 7.55. The number of carbonyl (C=O) groups is 1. The van der Waals surface area contributed by atoms with Crippen LogP contribution in [0.3, 0.4) is 0 Å². The summed E-state index contributed by atoms with van der Waals surface area (Å²) < 4.78 is 17.6. The summed E-state index contributed by atoms with van der Waals surface area (Å²) in [4.78, 5) is 37.8. The largest absolute Gasteiger partial charge is 0.367 e. The van der Waals surface area contributed by atoms with Crippen molar-refractivity contribution in [2.45, 2.75) is 6.92 Å². The third-order valence-corrected chi connectivity index (χ3v) is 7.55. The van der Waals surface area contributed by atoms with Gasteiger partial charge < -0.3 is 4.90 Å². The number of aliphatic imine (C=N–C) groups is 1. The van der Waals surface area contributed by atoms with Crippen LogP contribution in [0, 0.1) is 12.7 Å². The minimum Gasteiger partial charge on any atom is -0.367 e. The van der Waals surface area contributed by atoms with Gasteiger partial charge in [-0.1, -0.05) is 48.5 Å². The number of fused-ring (bicyclic) bond motifs is 1. The minimum absolute atomic E-state index is 0.224. The third kappa shape index (κ3) is 4.34. The first kappa shape index (κ1) is 24.8. The zero-order chi connectivity index (χ0) is 27.1. The summed E-state index contributed by atoms with van der Waals surface area (Å²) in [5.74, 6) is -0.459. The lowest BCUT2D eigenvalue weighted by Gasteiger charge is -2.37. The van der Waals surface area contributed by atoms with Gasteiger partial charge in [0.15, 0.2) is 5.69 Å². The number of amides is 1. The molecule has 3 heterocycles. The number of para-hydroxylation sites is 3. The molecular weight excluding hydrogens is 495 g/mol. The van der Waals surface area contributed by atoms with E-state index in [-0.39, 0.29) is 28.7 Å². The second-order valence-electron chi connectivity index (χ2n) is 9.82. The molecule has 0 unspecified atom stereocenters. The Hall–Kier alpha value is -4.50. The van der Waals surface area contributed by atoms with E-state index in [1.807, 2.05) is 79.5 Å². The molecule has 0 saturated carbocycles. The van der Waals surface area contributed by atoms with E-state index >= 15 is 0 Å². The standard InChI is InChI=1S/C30H29FN6O2/c1-21-27(30(39)37(33(21)2)22-10-4-3-5-11-22)32-28-23-12-6-8-14-25(23)36(29(28)38)20-34-16-18-35(19-17-34)26-15-9-7-13-24(26)31/h3-15H,16-20H2,1-2H3. The lowest BCUT2D eigenvalue weighted by molar-refractivity contribution is -0.112. The van der Waals surface area contributed by atoms with E-state index in [1.165, 1.54) is 6.07 Å². The summed E-state index contributed by atoms with van der Waals surface area (Å²) in [6.45, 7) is 4.92. The van der Waals surface area contributed by atoms with Crippen molar-refractivity contribution in [3.8, 4) is 5.69 Å². The Morgan fingerprint density at radius 3 is 2.18 bits per heavy atom. The van der Waals surface area contributed by atoms with E-state index in [1.54, 1.807) is 26.4 Å². The molecule has 0 bridgehead atoms. The number of rotatable bonds is 5. The van der Waals surface area contributed by atoms with Crippen molar-refractivity contribution in [2.24, 2.45) is 12.0 Å². The fourth-order valence-electron chi connectivity index (χ4n) is 5.34. The number of piperazine rings is 1. The van der Waals surface area contributed by atoms with Crippen LogP contribution in [0.5, 0.6) is 0 Å². The predicted molar refractivity (Wildman–Crippen MR) is 151 cm³/mol. The quantitative estimate of drug-likeness (QED) is 0.398. The first-order chi connectivity index (χ1) is 18.9. The van der Waals surface area contributed by atoms with Gasteiger partial charge in [0.2, 0.25) is 0 Å². The van der Waals surface area contributed by atoms with E-state index in [9.17, 15) is 14.0 Å². The van der Waals surface area contributed by atoms with Crippen LogP contribution in [0.25, 0.3) is 5.69 Å². The van der Waals surface area contributed by atoms with Gasteiger partial charge in [-0.3, -0.25) is 24.1 Å². The van der Waals surface area contributed by atoms with Crippen molar-refractivity contribution in [1.82, 2.24) is 14.3 Å². The van der Waals surface area contributed by atoms with Crippen LogP contribution in [0.1, 0.15) is 11.3 Å². The van der Waals surface area contributed by atoms with Gasteiger partial charge in [0, 0.05) is 38.8 Å². The number of carbonyl (C=O) groups excluding carboxylic acids is 1. The lowest BCUT2D eigenvalue weighted by atomic mass is 10.1. The van der Waals surface area contributed by atoms with Crippen molar-refractivity contribution in [1.29, 1.82) is 0 Å². The van der Waals surface area contributed by atoms with Crippen LogP contribution in [0.2, 0.25) is 0 Å². The molecule has 2 aliphatic rings. The highest BCUT2D eigenvalue weighted by Crippen LogP contribution is 2.31. The summed E-state index contributed by atoms with van der Waals surface area (Å²) in [6.07, 6.45) is 0. The molecule has 8 nitrogen and oxygen atoms in total. The Labute approximate surface area is 225 Å². The normalized spacial score (nSPS) is 16.8. The molecule has 4 aromatic rings. The zero-order valence-corrected chi connectivity index (χ0v) is 21.9. The van der Waals surface area contributed by atoms with Crippen LogP contribution >= 0.6 is 0 Å². The molecule has 198 valence electrons. The van der Waals surface area contributed by atoms with E-state index in [2.05, 4.69) is 4.90 Å². The smallest absolute Gasteiger partial charge is 0.297 e. The van der Waals surface area contributed by atoms with Crippen molar-refractivity contribution in [3.63, 3.8) is 0 Å². The second-order valence-corrected chi connectivity index (χ2v) is 9.82. The summed E-state index contributed by atoms with van der Waals surface area (Å²) >= 11 is 0. The monoisotopic (exact) mass is 524 g/mol. The van der Waals surface area contributed by atoms with Gasteiger partial charge in [0.25, 0.3) is 11.5 Å². The highest BCUT2D eigenvalue weighted by molar-refractivity contribution is 6.54. The molecular formula is C30H29FN6O2. The van der Waals surface area contributed by atoms with E-state index in [0.29, 0.717) is 49.8 Å². The van der Waals surface area contributed by atoms with Crippen LogP contribution < -0.4 is 15.4 Å². The number of hydrogen-bond acceptors (Lipinski definition) is 5. The summed E-state index contributed by atoms with van der Waals surface area (Å²) in [5, 5.41) is 0. The number of hydrogen-bond donors (Lipinski definition) is 0. The minimum atomic E-state index is -0.276. The van der Waals surface area contributed by atoms with Crippen molar-refractivity contribution in [3.05, 3.63) is 106 Å². The van der Waals surface area contributed by atoms with Crippen LogP contribution in [0.15, 0.2) is 88.6 Å². The number of nitrogens with zero attached hydrogens (tertiary/aromatic N) is 6. The molecule has 0 spiro atoms. The molecule has 0 radical (unpaired) electrons. The molecule has 0 aliphatic carbocycles. The molecule has 6 rings (SSSR count). The molecule has 39 heavy (non-hydrogen) atoms. The Morgan fingerprint density at radius 2 is 1.46 bits per heavy atom. The summed E-state index contributed by atoms with van der Waals surface area (Å²) in [7, 11) is 1.81. The summed E-state index contributed by atoms with van der Waals surface area (Å²) in [5.41, 5.74) is 3.73. The number of benzene rings is 3. The number of anilines is 2. The Balaban J connectivity index is 1.27.